The quantitative estimate of drug-likeness (QED) is 0.712. The molecule has 1 saturated carbocycles. The van der Waals surface area contributed by atoms with Crippen molar-refractivity contribution in [2.75, 3.05) is 0 Å². The van der Waals surface area contributed by atoms with Gasteiger partial charge in [-0.3, -0.25) is 19.7 Å². The third-order valence-corrected chi connectivity index (χ3v) is 5.84. The Morgan fingerprint density at radius 1 is 1.00 bits per heavy atom. The van der Waals surface area contributed by atoms with Crippen molar-refractivity contribution in [2.45, 2.75) is 52.1 Å². The van der Waals surface area contributed by atoms with Gasteiger partial charge in [-0.2, -0.15) is 0 Å². The molecule has 0 aromatic heterocycles. The van der Waals surface area contributed by atoms with Gasteiger partial charge in [0, 0.05) is 34.7 Å². The summed E-state index contributed by atoms with van der Waals surface area (Å²) in [6, 6.07) is 7.02. The van der Waals surface area contributed by atoms with Crippen molar-refractivity contribution < 1.29 is 19.5 Å². The highest BCUT2D eigenvalue weighted by molar-refractivity contribution is 6.32. The van der Waals surface area contributed by atoms with E-state index in [1.165, 1.54) is 0 Å². The number of piperidine rings is 1. The van der Waals surface area contributed by atoms with E-state index < -0.39 is 6.10 Å². The lowest BCUT2D eigenvalue weighted by atomic mass is 9.71. The molecule has 2 fully saturated rings. The van der Waals surface area contributed by atoms with Crippen molar-refractivity contribution in [3.8, 4) is 0 Å². The highest BCUT2D eigenvalue weighted by atomic mass is 35.5. The topological polar surface area (TPSA) is 83.5 Å². The minimum absolute atomic E-state index is 0.00492. The van der Waals surface area contributed by atoms with Crippen LogP contribution in [0.25, 0.3) is 0 Å². The minimum atomic E-state index is -0.739. The summed E-state index contributed by atoms with van der Waals surface area (Å²) in [6.07, 6.45) is 1.72. The predicted molar refractivity (Wildman–Crippen MR) is 109 cm³/mol. The molecule has 1 saturated heterocycles. The molecule has 4 atom stereocenters. The number of aliphatic hydroxyl groups is 1. The van der Waals surface area contributed by atoms with Crippen LogP contribution in [0.1, 0.15) is 46.0 Å². The summed E-state index contributed by atoms with van der Waals surface area (Å²) in [5.41, 5.74) is 0. The number of ketones is 1. The highest BCUT2D eigenvalue weighted by Gasteiger charge is 2.38. The number of amides is 2. The van der Waals surface area contributed by atoms with Crippen LogP contribution in [0.2, 0.25) is 10.0 Å². The molecular weight excluding hydrogens is 401 g/mol. The highest BCUT2D eigenvalue weighted by Crippen LogP contribution is 2.34. The number of aliphatic hydroxyl groups excluding tert-OH is 1. The van der Waals surface area contributed by atoms with Gasteiger partial charge in [0.2, 0.25) is 11.8 Å². The zero-order valence-electron chi connectivity index (χ0n) is 16.2. The Kier molecular flexibility index (Phi) is 8.47. The third kappa shape index (κ3) is 6.87. The fraction of sp³-hybridized carbons (Fsp3) is 0.571. The average molecular weight is 428 g/mol. The van der Waals surface area contributed by atoms with E-state index in [0.29, 0.717) is 18.8 Å². The molecule has 28 heavy (non-hydrogen) atoms. The van der Waals surface area contributed by atoms with Crippen molar-refractivity contribution in [1.82, 2.24) is 5.32 Å². The summed E-state index contributed by atoms with van der Waals surface area (Å²) < 4.78 is 0. The Labute approximate surface area is 175 Å². The van der Waals surface area contributed by atoms with E-state index in [1.807, 2.05) is 6.92 Å². The van der Waals surface area contributed by atoms with Crippen LogP contribution in [0.5, 0.6) is 0 Å². The number of nitrogens with one attached hydrogen (secondary N) is 1. The molecule has 2 amide bonds. The lowest BCUT2D eigenvalue weighted by molar-refractivity contribution is -0.136. The van der Waals surface area contributed by atoms with Gasteiger partial charge in [0.15, 0.2) is 0 Å². The molecule has 0 unspecified atom stereocenters. The molecule has 2 N–H and O–H groups in total. The number of benzene rings is 1. The Morgan fingerprint density at radius 3 is 2.00 bits per heavy atom. The van der Waals surface area contributed by atoms with Crippen molar-refractivity contribution in [3.05, 3.63) is 34.3 Å². The van der Waals surface area contributed by atoms with Crippen molar-refractivity contribution >= 4 is 40.8 Å². The largest absolute Gasteiger partial charge is 0.392 e. The summed E-state index contributed by atoms with van der Waals surface area (Å²) in [7, 11) is 0. The summed E-state index contributed by atoms with van der Waals surface area (Å²) in [5.74, 6) is -0.499. The first kappa shape index (κ1) is 22.9. The Morgan fingerprint density at radius 2 is 1.50 bits per heavy atom. The number of hydrogen-bond donors (Lipinski definition) is 2. The monoisotopic (exact) mass is 427 g/mol. The normalized spacial score (nSPS) is 26.9. The SMILES string of the molecule is C[C@@H]1C[C@@H]([C@H](O)CC2CC(=O)NC(=O)C2)C(=O)[C@@H](C)C1.Clc1ccc(Cl)cc1. The number of halogens is 2. The van der Waals surface area contributed by atoms with Gasteiger partial charge < -0.3 is 5.11 Å². The summed E-state index contributed by atoms with van der Waals surface area (Å²) in [5, 5.41) is 14.0. The number of carbonyl (C=O) groups is 3. The van der Waals surface area contributed by atoms with E-state index in [-0.39, 0.29) is 48.2 Å². The zero-order chi connectivity index (χ0) is 20.8. The molecule has 1 aliphatic heterocycles. The number of imide groups is 1. The maximum absolute atomic E-state index is 12.2. The standard InChI is InChI=1S/C15H23NO4.C6H4Cl2/c1-8-3-9(2)15(20)11(4-8)12(17)5-10-6-13(18)16-14(19)7-10;7-5-1-2-6(8)4-3-5/h8-12,17H,3-7H2,1-2H3,(H,16,18,19);1-4H/t8-,9-,11-,12+;/m0./s1. The molecule has 5 nitrogen and oxygen atoms in total. The Balaban J connectivity index is 0.000000292. The minimum Gasteiger partial charge on any atom is -0.392 e. The summed E-state index contributed by atoms with van der Waals surface area (Å²) in [6.45, 7) is 4.01. The third-order valence-electron chi connectivity index (χ3n) is 5.33. The van der Waals surface area contributed by atoms with E-state index in [0.717, 1.165) is 16.5 Å². The molecule has 2 aliphatic rings. The van der Waals surface area contributed by atoms with Crippen LogP contribution >= 0.6 is 23.2 Å². The average Bonchev–Trinajstić information content (AvgIpc) is 2.60. The molecule has 3 rings (SSSR count). The van der Waals surface area contributed by atoms with Gasteiger partial charge in [-0.05, 0) is 55.4 Å². The first-order chi connectivity index (χ1) is 13.2. The predicted octanol–water partition coefficient (Wildman–Crippen LogP) is 4.03. The summed E-state index contributed by atoms with van der Waals surface area (Å²) in [4.78, 5) is 34.8. The maximum Gasteiger partial charge on any atom is 0.226 e. The van der Waals surface area contributed by atoms with Crippen LogP contribution in [0.3, 0.4) is 0 Å². The first-order valence-electron chi connectivity index (χ1n) is 9.61. The van der Waals surface area contributed by atoms with Gasteiger partial charge in [0.25, 0.3) is 0 Å². The molecule has 154 valence electrons. The van der Waals surface area contributed by atoms with Crippen molar-refractivity contribution in [3.63, 3.8) is 0 Å². The van der Waals surface area contributed by atoms with Crippen LogP contribution < -0.4 is 5.32 Å². The van der Waals surface area contributed by atoms with E-state index >= 15 is 0 Å². The second kappa shape index (κ2) is 10.4. The van der Waals surface area contributed by atoms with Gasteiger partial charge in [-0.25, -0.2) is 0 Å². The lowest BCUT2D eigenvalue weighted by Gasteiger charge is -2.34. The second-order valence-electron chi connectivity index (χ2n) is 7.97. The molecule has 0 radical (unpaired) electrons. The fourth-order valence-corrected chi connectivity index (χ4v) is 4.29. The Hall–Kier alpha value is -1.43. The lowest BCUT2D eigenvalue weighted by Crippen LogP contribution is -2.42. The molecular formula is C21H27Cl2NO4. The number of carbonyl (C=O) groups excluding carboxylic acids is 3. The zero-order valence-corrected chi connectivity index (χ0v) is 17.7. The van der Waals surface area contributed by atoms with E-state index in [4.69, 9.17) is 23.2 Å². The number of rotatable bonds is 3. The van der Waals surface area contributed by atoms with Crippen LogP contribution in [0, 0.1) is 23.7 Å². The van der Waals surface area contributed by atoms with Crippen LogP contribution in [0.4, 0.5) is 0 Å². The van der Waals surface area contributed by atoms with Gasteiger partial charge in [-0.1, -0.05) is 37.0 Å². The smallest absolute Gasteiger partial charge is 0.226 e. The van der Waals surface area contributed by atoms with Crippen molar-refractivity contribution in [2.24, 2.45) is 23.7 Å². The van der Waals surface area contributed by atoms with E-state index in [2.05, 4.69) is 12.2 Å². The second-order valence-corrected chi connectivity index (χ2v) is 8.84. The number of hydrogen-bond acceptors (Lipinski definition) is 4. The molecule has 1 aromatic carbocycles. The van der Waals surface area contributed by atoms with Crippen LogP contribution in [-0.2, 0) is 14.4 Å². The molecule has 0 spiro atoms. The molecule has 1 heterocycles. The van der Waals surface area contributed by atoms with Crippen molar-refractivity contribution in [1.29, 1.82) is 0 Å². The Bertz CT molecular complexity index is 670. The number of Topliss-reactive ketones (excluding diaryl/α,β-unsaturated/α-hetero) is 1. The van der Waals surface area contributed by atoms with Crippen LogP contribution in [-0.4, -0.2) is 28.8 Å². The summed E-state index contributed by atoms with van der Waals surface area (Å²) >= 11 is 11.1. The van der Waals surface area contributed by atoms with Crippen LogP contribution in [0.15, 0.2) is 24.3 Å². The molecule has 1 aromatic rings. The fourth-order valence-electron chi connectivity index (χ4n) is 4.03. The van der Waals surface area contributed by atoms with Gasteiger partial charge in [-0.15, -0.1) is 0 Å². The molecule has 1 aliphatic carbocycles. The van der Waals surface area contributed by atoms with E-state index in [9.17, 15) is 19.5 Å². The van der Waals surface area contributed by atoms with Gasteiger partial charge >= 0.3 is 0 Å². The molecule has 0 bridgehead atoms. The maximum atomic E-state index is 12.2. The molecule has 7 heteroatoms. The van der Waals surface area contributed by atoms with Gasteiger partial charge in [0.05, 0.1) is 6.10 Å². The van der Waals surface area contributed by atoms with Gasteiger partial charge in [0.1, 0.15) is 5.78 Å². The van der Waals surface area contributed by atoms with E-state index in [1.54, 1.807) is 24.3 Å². The first-order valence-corrected chi connectivity index (χ1v) is 10.4.